The molecule has 0 bridgehead atoms. The zero-order valence-corrected chi connectivity index (χ0v) is 54.6. The number of aliphatic hydroxyl groups excluding tert-OH is 2. The largest absolute Gasteiger partial charge is 0.466 e. The molecule has 0 aromatic heterocycles. The lowest BCUT2D eigenvalue weighted by Crippen LogP contribution is -2.45. The minimum Gasteiger partial charge on any atom is -0.466 e. The Labute approximate surface area is 501 Å². The molecule has 2 atom stereocenters. The van der Waals surface area contributed by atoms with Crippen LogP contribution in [0.1, 0.15) is 425 Å². The zero-order valence-electron chi connectivity index (χ0n) is 54.6. The topological polar surface area (TPSA) is 95.9 Å². The summed E-state index contributed by atoms with van der Waals surface area (Å²) in [5, 5.41) is 23.4. The Balaban J connectivity index is 3.34. The standard InChI is InChI=1S/C74H145NO5/c1-3-5-7-9-11-13-15-16-17-18-19-20-31-34-37-40-43-47-50-54-58-62-66-72(77)71(70-76)75-73(78)67-63-59-55-51-48-44-41-38-35-32-29-27-25-23-21-22-24-26-28-30-33-36-39-42-45-49-53-57-61-65-69-80-74(79)68-64-60-56-52-46-14-12-10-8-6-4-2/h10,12,71-72,76-77H,3-9,11,13-70H2,1-2H3,(H,75,78)/b12-10-. The normalized spacial score (nSPS) is 12.5. The van der Waals surface area contributed by atoms with Crippen LogP contribution in [0, 0.1) is 0 Å². The van der Waals surface area contributed by atoms with Crippen LogP contribution >= 0.6 is 0 Å². The third-order valence-electron chi connectivity index (χ3n) is 17.6. The maximum Gasteiger partial charge on any atom is 0.305 e. The van der Waals surface area contributed by atoms with Crippen LogP contribution in [0.25, 0.3) is 0 Å². The number of allylic oxidation sites excluding steroid dienone is 2. The van der Waals surface area contributed by atoms with Crippen molar-refractivity contribution in [1.82, 2.24) is 5.32 Å². The van der Waals surface area contributed by atoms with Gasteiger partial charge in [-0.25, -0.2) is 0 Å². The molecule has 80 heavy (non-hydrogen) atoms. The highest BCUT2D eigenvalue weighted by Gasteiger charge is 2.20. The molecule has 0 saturated carbocycles. The third kappa shape index (κ3) is 65.7. The first-order valence-corrected chi connectivity index (χ1v) is 36.9. The highest BCUT2D eigenvalue weighted by molar-refractivity contribution is 5.76. The van der Waals surface area contributed by atoms with Gasteiger partial charge in [-0.05, 0) is 44.9 Å². The van der Waals surface area contributed by atoms with E-state index in [4.69, 9.17) is 4.74 Å². The number of ether oxygens (including phenoxy) is 1. The summed E-state index contributed by atoms with van der Waals surface area (Å²) in [5.74, 6) is -0.0157. The van der Waals surface area contributed by atoms with Gasteiger partial charge >= 0.3 is 5.97 Å². The molecule has 0 aromatic carbocycles. The molecule has 0 radical (unpaired) electrons. The molecule has 0 spiro atoms. The lowest BCUT2D eigenvalue weighted by Gasteiger charge is -2.22. The first-order valence-electron chi connectivity index (χ1n) is 36.9. The molecule has 0 fully saturated rings. The van der Waals surface area contributed by atoms with E-state index >= 15 is 0 Å². The van der Waals surface area contributed by atoms with E-state index < -0.39 is 12.1 Å². The highest BCUT2D eigenvalue weighted by atomic mass is 16.5. The Kier molecular flexibility index (Phi) is 68.9. The molecule has 0 aliphatic heterocycles. The van der Waals surface area contributed by atoms with Crippen molar-refractivity contribution in [3.05, 3.63) is 12.2 Å². The smallest absolute Gasteiger partial charge is 0.305 e. The van der Waals surface area contributed by atoms with E-state index in [1.54, 1.807) is 0 Å². The fourth-order valence-corrected chi connectivity index (χ4v) is 11.9. The van der Waals surface area contributed by atoms with Crippen molar-refractivity contribution in [2.24, 2.45) is 0 Å². The summed E-state index contributed by atoms with van der Waals surface area (Å²) >= 11 is 0. The van der Waals surface area contributed by atoms with Gasteiger partial charge in [0.15, 0.2) is 0 Å². The third-order valence-corrected chi connectivity index (χ3v) is 17.6. The van der Waals surface area contributed by atoms with Crippen molar-refractivity contribution in [2.75, 3.05) is 13.2 Å². The van der Waals surface area contributed by atoms with Gasteiger partial charge in [0, 0.05) is 12.8 Å². The van der Waals surface area contributed by atoms with Gasteiger partial charge in [-0.1, -0.05) is 379 Å². The fraction of sp³-hybridized carbons (Fsp3) is 0.946. The second-order valence-corrected chi connectivity index (χ2v) is 25.6. The van der Waals surface area contributed by atoms with Crippen LogP contribution < -0.4 is 5.32 Å². The summed E-state index contributed by atoms with van der Waals surface area (Å²) in [5.41, 5.74) is 0. The van der Waals surface area contributed by atoms with Crippen LogP contribution in [0.15, 0.2) is 12.2 Å². The second-order valence-electron chi connectivity index (χ2n) is 25.6. The van der Waals surface area contributed by atoms with Gasteiger partial charge in [-0.15, -0.1) is 0 Å². The van der Waals surface area contributed by atoms with Gasteiger partial charge in [-0.3, -0.25) is 9.59 Å². The van der Waals surface area contributed by atoms with Gasteiger partial charge < -0.3 is 20.3 Å². The van der Waals surface area contributed by atoms with E-state index in [9.17, 15) is 19.8 Å². The van der Waals surface area contributed by atoms with Crippen molar-refractivity contribution in [2.45, 2.75) is 437 Å². The van der Waals surface area contributed by atoms with E-state index in [0.29, 0.717) is 25.9 Å². The number of amides is 1. The summed E-state index contributed by atoms with van der Waals surface area (Å²) in [6.45, 7) is 4.96. The van der Waals surface area contributed by atoms with E-state index in [1.807, 2.05) is 0 Å². The number of unbranched alkanes of at least 4 members (excludes halogenated alkanes) is 57. The number of hydrogen-bond acceptors (Lipinski definition) is 5. The number of aliphatic hydroxyl groups is 2. The lowest BCUT2D eigenvalue weighted by molar-refractivity contribution is -0.143. The molecular formula is C74H145NO5. The molecule has 0 rings (SSSR count). The molecule has 0 aliphatic rings. The van der Waals surface area contributed by atoms with Crippen LogP contribution in [-0.2, 0) is 14.3 Å². The van der Waals surface area contributed by atoms with Crippen LogP contribution in [-0.4, -0.2) is 47.4 Å². The quantitative estimate of drug-likeness (QED) is 0.0320. The molecule has 2 unspecified atom stereocenters. The van der Waals surface area contributed by atoms with E-state index in [2.05, 4.69) is 31.3 Å². The molecule has 6 heteroatoms. The molecule has 1 amide bonds. The SMILES string of the molecule is CCCC/C=C\CCCCCCCC(=O)OCCCCCCCCCCCCCCCCCCCCCCCCCCCCCCCCC(=O)NC(CO)C(O)CCCCCCCCCCCCCCCCCCCCCCCC. The van der Waals surface area contributed by atoms with Gasteiger partial charge in [0.05, 0.1) is 25.4 Å². The summed E-state index contributed by atoms with van der Waals surface area (Å²) in [4.78, 5) is 24.6. The Morgan fingerprint density at radius 3 is 0.925 bits per heavy atom. The number of esters is 1. The maximum absolute atomic E-state index is 12.6. The van der Waals surface area contributed by atoms with Crippen LogP contribution in [0.5, 0.6) is 0 Å². The summed E-state index contributed by atoms with van der Waals surface area (Å²) in [6.07, 6.45) is 87.1. The monoisotopic (exact) mass is 1130 g/mol. The Hall–Kier alpha value is -1.40. The van der Waals surface area contributed by atoms with Crippen LogP contribution in [0.2, 0.25) is 0 Å². The predicted octanol–water partition coefficient (Wildman–Crippen LogP) is 23.9. The molecule has 3 N–H and O–H groups in total. The number of hydrogen-bond donors (Lipinski definition) is 3. The maximum atomic E-state index is 12.6. The van der Waals surface area contributed by atoms with Gasteiger partial charge in [0.1, 0.15) is 0 Å². The van der Waals surface area contributed by atoms with Crippen LogP contribution in [0.3, 0.4) is 0 Å². The molecule has 6 nitrogen and oxygen atoms in total. The average molecular weight is 1130 g/mol. The lowest BCUT2D eigenvalue weighted by atomic mass is 10.0. The van der Waals surface area contributed by atoms with Crippen molar-refractivity contribution in [3.8, 4) is 0 Å². The van der Waals surface area contributed by atoms with E-state index in [-0.39, 0.29) is 18.5 Å². The van der Waals surface area contributed by atoms with E-state index in [0.717, 1.165) is 44.9 Å². The van der Waals surface area contributed by atoms with Gasteiger partial charge in [0.2, 0.25) is 5.91 Å². The molecule has 476 valence electrons. The summed E-state index contributed by atoms with van der Waals surface area (Å²) in [7, 11) is 0. The van der Waals surface area contributed by atoms with Crippen LogP contribution in [0.4, 0.5) is 0 Å². The van der Waals surface area contributed by atoms with Crippen molar-refractivity contribution >= 4 is 11.9 Å². The summed E-state index contributed by atoms with van der Waals surface area (Å²) in [6, 6.07) is -0.539. The molecule has 0 aliphatic carbocycles. The average Bonchev–Trinajstić information content (AvgIpc) is 3.46. The second kappa shape index (κ2) is 70.1. The van der Waals surface area contributed by atoms with E-state index in [1.165, 1.54) is 347 Å². The molecule has 0 aromatic rings. The zero-order chi connectivity index (χ0) is 57.8. The molecule has 0 heterocycles. The Morgan fingerprint density at radius 2 is 0.600 bits per heavy atom. The highest BCUT2D eigenvalue weighted by Crippen LogP contribution is 2.20. The molecular weight excluding hydrogens is 983 g/mol. The number of rotatable bonds is 70. The number of carbonyl (C=O) groups is 2. The Morgan fingerprint density at radius 1 is 0.338 bits per heavy atom. The first-order chi connectivity index (χ1) is 39.5. The predicted molar refractivity (Wildman–Crippen MR) is 352 cm³/mol. The molecule has 0 saturated heterocycles. The van der Waals surface area contributed by atoms with Crippen molar-refractivity contribution < 1.29 is 24.5 Å². The fourth-order valence-electron chi connectivity index (χ4n) is 11.9. The van der Waals surface area contributed by atoms with Gasteiger partial charge in [0.25, 0.3) is 0 Å². The minimum atomic E-state index is -0.662. The number of carbonyl (C=O) groups excluding carboxylic acids is 2. The Bertz CT molecular complexity index is 1210. The van der Waals surface area contributed by atoms with Crippen molar-refractivity contribution in [3.63, 3.8) is 0 Å². The van der Waals surface area contributed by atoms with Crippen molar-refractivity contribution in [1.29, 1.82) is 0 Å². The first kappa shape index (κ1) is 78.6. The number of nitrogens with one attached hydrogen (secondary N) is 1. The summed E-state index contributed by atoms with van der Waals surface area (Å²) < 4.78 is 5.47. The minimum absolute atomic E-state index is 0.00993. The van der Waals surface area contributed by atoms with Gasteiger partial charge in [-0.2, -0.15) is 0 Å².